The molecule has 0 bridgehead atoms. The molecule has 0 aliphatic carbocycles. The fourth-order valence-corrected chi connectivity index (χ4v) is 1.85. The van der Waals surface area contributed by atoms with Crippen molar-refractivity contribution >= 4 is 34.4 Å². The first-order valence-corrected chi connectivity index (χ1v) is 5.69. The Labute approximate surface area is 106 Å². The Morgan fingerprint density at radius 1 is 1.44 bits per heavy atom. The van der Waals surface area contributed by atoms with E-state index in [9.17, 15) is 4.79 Å². The Morgan fingerprint density at radius 3 is 2.81 bits per heavy atom. The molecule has 16 heavy (non-hydrogen) atoms. The molecule has 0 unspecified atom stereocenters. The van der Waals surface area contributed by atoms with Crippen LogP contribution in [0.3, 0.4) is 0 Å². The average molecular weight is 328 g/mol. The van der Waals surface area contributed by atoms with Crippen molar-refractivity contribution in [2.45, 2.75) is 6.92 Å². The first-order valence-electron chi connectivity index (χ1n) is 4.61. The zero-order valence-electron chi connectivity index (χ0n) is 8.49. The third-order valence-electron chi connectivity index (χ3n) is 1.94. The van der Waals surface area contributed by atoms with Gasteiger partial charge < -0.3 is 0 Å². The SMILES string of the molecule is Cc1nc(NC(=O)c2ccccc2I)n[nH]1. The molecule has 6 heteroatoms. The molecule has 5 nitrogen and oxygen atoms in total. The zero-order chi connectivity index (χ0) is 11.5. The summed E-state index contributed by atoms with van der Waals surface area (Å²) in [7, 11) is 0. The maximum absolute atomic E-state index is 11.8. The van der Waals surface area contributed by atoms with Crippen LogP contribution in [0.15, 0.2) is 24.3 Å². The Hall–Kier alpha value is -1.44. The van der Waals surface area contributed by atoms with Gasteiger partial charge in [-0.2, -0.15) is 4.98 Å². The summed E-state index contributed by atoms with van der Waals surface area (Å²) in [5.74, 6) is 0.754. The summed E-state index contributed by atoms with van der Waals surface area (Å²) < 4.78 is 0.893. The number of benzene rings is 1. The standard InChI is InChI=1S/C10H9IN4O/c1-6-12-10(15-14-6)13-9(16)7-4-2-3-5-8(7)11/h2-5H,1H3,(H2,12,13,14,15,16). The average Bonchev–Trinajstić information content (AvgIpc) is 2.64. The predicted molar refractivity (Wildman–Crippen MR) is 68.2 cm³/mol. The molecule has 0 aliphatic rings. The topological polar surface area (TPSA) is 70.7 Å². The zero-order valence-corrected chi connectivity index (χ0v) is 10.6. The van der Waals surface area contributed by atoms with E-state index in [0.29, 0.717) is 17.3 Å². The lowest BCUT2D eigenvalue weighted by atomic mass is 10.2. The van der Waals surface area contributed by atoms with Crippen LogP contribution in [0, 0.1) is 10.5 Å². The number of aromatic nitrogens is 3. The number of H-pyrrole nitrogens is 1. The molecule has 2 N–H and O–H groups in total. The van der Waals surface area contributed by atoms with Gasteiger partial charge in [0.25, 0.3) is 5.91 Å². The van der Waals surface area contributed by atoms with Gasteiger partial charge in [-0.1, -0.05) is 12.1 Å². The highest BCUT2D eigenvalue weighted by Gasteiger charge is 2.11. The van der Waals surface area contributed by atoms with Gasteiger partial charge in [0, 0.05) is 3.57 Å². The number of hydrogen-bond acceptors (Lipinski definition) is 3. The second-order valence-corrected chi connectivity index (χ2v) is 4.34. The first-order chi connectivity index (χ1) is 7.66. The minimum Gasteiger partial charge on any atom is -0.289 e. The largest absolute Gasteiger partial charge is 0.289 e. The highest BCUT2D eigenvalue weighted by molar-refractivity contribution is 14.1. The van der Waals surface area contributed by atoms with Crippen LogP contribution in [0.2, 0.25) is 0 Å². The van der Waals surface area contributed by atoms with E-state index in [-0.39, 0.29) is 5.91 Å². The van der Waals surface area contributed by atoms with Gasteiger partial charge in [0.2, 0.25) is 5.95 Å². The maximum atomic E-state index is 11.8. The lowest BCUT2D eigenvalue weighted by molar-refractivity contribution is 0.102. The summed E-state index contributed by atoms with van der Waals surface area (Å²) in [6.45, 7) is 1.77. The number of anilines is 1. The summed E-state index contributed by atoms with van der Waals surface area (Å²) in [5, 5.41) is 9.13. The van der Waals surface area contributed by atoms with Crippen LogP contribution in [0.25, 0.3) is 0 Å². The molecule has 1 aromatic carbocycles. The van der Waals surface area contributed by atoms with Gasteiger partial charge in [0.15, 0.2) is 0 Å². The molecule has 2 aromatic rings. The van der Waals surface area contributed by atoms with E-state index >= 15 is 0 Å². The van der Waals surface area contributed by atoms with Crippen molar-refractivity contribution in [2.75, 3.05) is 5.32 Å². The normalized spacial score (nSPS) is 10.1. The second kappa shape index (κ2) is 4.60. The molecule has 0 radical (unpaired) electrons. The van der Waals surface area contributed by atoms with Crippen LogP contribution in [-0.4, -0.2) is 21.1 Å². The van der Waals surface area contributed by atoms with E-state index in [1.807, 2.05) is 18.2 Å². The summed E-state index contributed by atoms with van der Waals surface area (Å²) in [6.07, 6.45) is 0. The van der Waals surface area contributed by atoms with Gasteiger partial charge in [-0.05, 0) is 41.6 Å². The molecule has 0 spiro atoms. The minimum absolute atomic E-state index is 0.205. The molecule has 0 atom stereocenters. The van der Waals surface area contributed by atoms with Crippen molar-refractivity contribution in [3.63, 3.8) is 0 Å². The van der Waals surface area contributed by atoms with Crippen molar-refractivity contribution in [2.24, 2.45) is 0 Å². The van der Waals surface area contributed by atoms with Crippen molar-refractivity contribution in [3.8, 4) is 0 Å². The highest BCUT2D eigenvalue weighted by atomic mass is 127. The van der Waals surface area contributed by atoms with Crippen molar-refractivity contribution in [3.05, 3.63) is 39.2 Å². The molecule has 2 rings (SSSR count). The molecule has 0 aliphatic heterocycles. The number of rotatable bonds is 2. The van der Waals surface area contributed by atoms with E-state index in [1.165, 1.54) is 0 Å². The highest BCUT2D eigenvalue weighted by Crippen LogP contribution is 2.12. The number of aryl methyl sites for hydroxylation is 1. The van der Waals surface area contributed by atoms with Crippen LogP contribution in [0.1, 0.15) is 16.2 Å². The summed E-state index contributed by atoms with van der Waals surface area (Å²) in [6, 6.07) is 7.34. The van der Waals surface area contributed by atoms with Crippen molar-refractivity contribution < 1.29 is 4.79 Å². The van der Waals surface area contributed by atoms with Gasteiger partial charge in [-0.3, -0.25) is 15.2 Å². The summed E-state index contributed by atoms with van der Waals surface area (Å²) in [4.78, 5) is 15.8. The summed E-state index contributed by atoms with van der Waals surface area (Å²) >= 11 is 2.11. The number of nitrogens with one attached hydrogen (secondary N) is 2. The molecule has 82 valence electrons. The monoisotopic (exact) mass is 328 g/mol. The van der Waals surface area contributed by atoms with Crippen LogP contribution >= 0.6 is 22.6 Å². The molecule has 1 amide bonds. The lowest BCUT2D eigenvalue weighted by Crippen LogP contribution is -2.14. The van der Waals surface area contributed by atoms with E-state index < -0.39 is 0 Å². The molecular weight excluding hydrogens is 319 g/mol. The number of carbonyl (C=O) groups is 1. The Morgan fingerprint density at radius 2 is 2.19 bits per heavy atom. The van der Waals surface area contributed by atoms with Gasteiger partial charge in [0.1, 0.15) is 5.82 Å². The van der Waals surface area contributed by atoms with Gasteiger partial charge in [-0.15, -0.1) is 5.10 Å². The molecule has 1 heterocycles. The van der Waals surface area contributed by atoms with E-state index in [4.69, 9.17) is 0 Å². The first kappa shape index (κ1) is 11.1. The molecule has 1 aromatic heterocycles. The molecule has 0 saturated heterocycles. The van der Waals surface area contributed by atoms with Crippen LogP contribution in [0.5, 0.6) is 0 Å². The summed E-state index contributed by atoms with van der Waals surface area (Å²) in [5.41, 5.74) is 0.616. The quantitative estimate of drug-likeness (QED) is 0.828. The van der Waals surface area contributed by atoms with Crippen LogP contribution in [0.4, 0.5) is 5.95 Å². The molecule has 0 saturated carbocycles. The number of hydrogen-bond donors (Lipinski definition) is 2. The third-order valence-corrected chi connectivity index (χ3v) is 2.88. The number of nitrogens with zero attached hydrogens (tertiary/aromatic N) is 2. The fourth-order valence-electron chi connectivity index (χ4n) is 1.21. The predicted octanol–water partition coefficient (Wildman–Crippen LogP) is 1.97. The number of carbonyl (C=O) groups excluding carboxylic acids is 1. The van der Waals surface area contributed by atoms with Gasteiger partial charge >= 0.3 is 0 Å². The van der Waals surface area contributed by atoms with Crippen molar-refractivity contribution in [1.29, 1.82) is 0 Å². The number of halogens is 1. The maximum Gasteiger partial charge on any atom is 0.259 e. The van der Waals surface area contributed by atoms with Gasteiger partial charge in [0.05, 0.1) is 5.56 Å². The number of aromatic amines is 1. The van der Waals surface area contributed by atoms with E-state index in [2.05, 4.69) is 43.1 Å². The Balaban J connectivity index is 2.18. The van der Waals surface area contributed by atoms with Gasteiger partial charge in [-0.25, -0.2) is 0 Å². The minimum atomic E-state index is -0.205. The lowest BCUT2D eigenvalue weighted by Gasteiger charge is -2.02. The van der Waals surface area contributed by atoms with Crippen molar-refractivity contribution in [1.82, 2.24) is 15.2 Å². The fraction of sp³-hybridized carbons (Fsp3) is 0.100. The Bertz CT molecular complexity index is 523. The van der Waals surface area contributed by atoms with E-state index in [1.54, 1.807) is 13.0 Å². The Kier molecular flexibility index (Phi) is 3.18. The van der Waals surface area contributed by atoms with E-state index in [0.717, 1.165) is 3.57 Å². The van der Waals surface area contributed by atoms with Crippen LogP contribution < -0.4 is 5.32 Å². The third kappa shape index (κ3) is 2.38. The smallest absolute Gasteiger partial charge is 0.259 e. The van der Waals surface area contributed by atoms with Crippen LogP contribution in [-0.2, 0) is 0 Å². The molecule has 0 fully saturated rings. The second-order valence-electron chi connectivity index (χ2n) is 3.18. The molecular formula is C10H9IN4O. The number of amides is 1.